The van der Waals surface area contributed by atoms with Gasteiger partial charge in [0.1, 0.15) is 17.1 Å². The van der Waals surface area contributed by atoms with Gasteiger partial charge in [0, 0.05) is 24.5 Å². The number of aromatic nitrogens is 1. The van der Waals surface area contributed by atoms with E-state index in [9.17, 15) is 23.6 Å². The summed E-state index contributed by atoms with van der Waals surface area (Å²) < 4.78 is 15.3. The predicted molar refractivity (Wildman–Crippen MR) is 120 cm³/mol. The third-order valence-corrected chi connectivity index (χ3v) is 6.56. The van der Waals surface area contributed by atoms with E-state index < -0.39 is 34.9 Å². The monoisotopic (exact) mass is 474 g/mol. The van der Waals surface area contributed by atoms with Crippen LogP contribution in [0.4, 0.5) is 10.1 Å². The fourth-order valence-electron chi connectivity index (χ4n) is 4.52. The normalized spacial score (nSPS) is 18.2. The SMILES string of the molecule is CNC(=O)C(C)(C)NC(=O)C(=O)c1c(C)c(C(=O)Nc2ccc(F)c(Cl)c2)n2c1CC1CC12. The number of carbonyl (C=O) groups is 4. The van der Waals surface area contributed by atoms with E-state index in [2.05, 4.69) is 16.0 Å². The van der Waals surface area contributed by atoms with E-state index in [1.54, 1.807) is 6.92 Å². The second-order valence-electron chi connectivity index (χ2n) is 9.00. The van der Waals surface area contributed by atoms with Crippen molar-refractivity contribution in [1.29, 1.82) is 0 Å². The van der Waals surface area contributed by atoms with Crippen LogP contribution in [0.2, 0.25) is 5.02 Å². The molecule has 0 saturated heterocycles. The zero-order valence-electron chi connectivity index (χ0n) is 18.6. The highest BCUT2D eigenvalue weighted by Crippen LogP contribution is 2.54. The summed E-state index contributed by atoms with van der Waals surface area (Å²) in [5.74, 6) is -2.91. The Morgan fingerprint density at radius 2 is 1.91 bits per heavy atom. The van der Waals surface area contributed by atoms with Gasteiger partial charge in [-0.3, -0.25) is 19.2 Å². The predicted octanol–water partition coefficient (Wildman–Crippen LogP) is 2.78. The number of nitrogens with zero attached hydrogens (tertiary/aromatic N) is 1. The minimum Gasteiger partial charge on any atom is -0.357 e. The summed E-state index contributed by atoms with van der Waals surface area (Å²) in [5.41, 5.74) is 0.534. The number of Topliss-reactive ketones (excluding diaryl/α,β-unsaturated/α-hetero) is 1. The van der Waals surface area contributed by atoms with E-state index in [0.717, 1.165) is 12.5 Å². The molecule has 0 radical (unpaired) electrons. The molecular weight excluding hydrogens is 451 g/mol. The van der Waals surface area contributed by atoms with Crippen molar-refractivity contribution in [2.45, 2.75) is 45.2 Å². The van der Waals surface area contributed by atoms with Gasteiger partial charge in [-0.25, -0.2) is 4.39 Å². The fraction of sp³-hybridized carbons (Fsp3) is 0.391. The molecular formula is C23H24ClFN4O4. The maximum atomic E-state index is 13.5. The first-order chi connectivity index (χ1) is 15.5. The molecule has 2 aliphatic rings. The highest BCUT2D eigenvalue weighted by atomic mass is 35.5. The van der Waals surface area contributed by atoms with Crippen LogP contribution in [0, 0.1) is 18.7 Å². The molecule has 3 amide bonds. The molecule has 2 heterocycles. The first-order valence-corrected chi connectivity index (χ1v) is 10.9. The molecule has 1 aromatic carbocycles. The third kappa shape index (κ3) is 3.90. The van der Waals surface area contributed by atoms with Crippen molar-refractivity contribution in [3.8, 4) is 0 Å². The van der Waals surface area contributed by atoms with Crippen LogP contribution in [0.5, 0.6) is 0 Å². The minimum atomic E-state index is -1.29. The smallest absolute Gasteiger partial charge is 0.293 e. The molecule has 33 heavy (non-hydrogen) atoms. The summed E-state index contributed by atoms with van der Waals surface area (Å²) in [6, 6.07) is 3.95. The summed E-state index contributed by atoms with van der Waals surface area (Å²) in [4.78, 5) is 51.1. The quantitative estimate of drug-likeness (QED) is 0.441. The number of carbonyl (C=O) groups excluding carboxylic acids is 4. The standard InChI is InChI=1S/C23H24ClFN4O4/c1-10-17(19(30)21(32)28-23(2,3)22(33)26-4)16-8-11-7-15(11)29(16)18(10)20(31)27-12-5-6-14(25)13(24)9-12/h5-6,9,11,15H,7-8H2,1-4H3,(H,26,33)(H,27,31)(H,28,32). The van der Waals surface area contributed by atoms with Crippen molar-refractivity contribution in [1.82, 2.24) is 15.2 Å². The fourth-order valence-corrected chi connectivity index (χ4v) is 4.70. The largest absolute Gasteiger partial charge is 0.357 e. The van der Waals surface area contributed by atoms with Crippen LogP contribution in [-0.2, 0) is 16.0 Å². The van der Waals surface area contributed by atoms with E-state index >= 15 is 0 Å². The van der Waals surface area contributed by atoms with Gasteiger partial charge in [-0.15, -0.1) is 0 Å². The molecule has 2 unspecified atom stereocenters. The second-order valence-corrected chi connectivity index (χ2v) is 9.41. The zero-order chi connectivity index (χ0) is 24.2. The molecule has 8 nitrogen and oxygen atoms in total. The lowest BCUT2D eigenvalue weighted by atomic mass is 9.99. The Balaban J connectivity index is 1.67. The summed E-state index contributed by atoms with van der Waals surface area (Å²) in [6.07, 6.45) is 1.49. The number of fused-ring (bicyclic) bond motifs is 3. The van der Waals surface area contributed by atoms with Crippen molar-refractivity contribution >= 4 is 40.8 Å². The van der Waals surface area contributed by atoms with E-state index in [1.165, 1.54) is 33.0 Å². The second kappa shape index (κ2) is 7.98. The van der Waals surface area contributed by atoms with E-state index in [-0.39, 0.29) is 22.3 Å². The summed E-state index contributed by atoms with van der Waals surface area (Å²) >= 11 is 5.82. The molecule has 1 aliphatic heterocycles. The van der Waals surface area contributed by atoms with Gasteiger partial charge >= 0.3 is 0 Å². The summed E-state index contributed by atoms with van der Waals surface area (Å²) in [5, 5.41) is 7.50. The number of rotatable bonds is 6. The van der Waals surface area contributed by atoms with Crippen molar-refractivity contribution in [2.24, 2.45) is 5.92 Å². The van der Waals surface area contributed by atoms with Gasteiger partial charge in [-0.05, 0) is 63.3 Å². The van der Waals surface area contributed by atoms with Gasteiger partial charge in [0.15, 0.2) is 0 Å². The maximum absolute atomic E-state index is 13.5. The number of benzene rings is 1. The highest BCUT2D eigenvalue weighted by molar-refractivity contribution is 6.44. The Labute approximate surface area is 194 Å². The average Bonchev–Trinajstić information content (AvgIpc) is 3.33. The number of ketones is 1. The van der Waals surface area contributed by atoms with Gasteiger partial charge < -0.3 is 20.5 Å². The van der Waals surface area contributed by atoms with Crippen LogP contribution in [0.1, 0.15) is 58.4 Å². The molecule has 1 aliphatic carbocycles. The van der Waals surface area contributed by atoms with E-state index in [4.69, 9.17) is 11.6 Å². The molecule has 0 spiro atoms. The molecule has 4 rings (SSSR count). The van der Waals surface area contributed by atoms with Gasteiger partial charge in [0.2, 0.25) is 5.91 Å². The molecule has 1 saturated carbocycles. The molecule has 1 fully saturated rings. The number of likely N-dealkylation sites (N-methyl/N-ethyl adjacent to an activating group) is 1. The van der Waals surface area contributed by atoms with Gasteiger partial charge in [-0.2, -0.15) is 0 Å². The number of nitrogens with one attached hydrogen (secondary N) is 3. The first-order valence-electron chi connectivity index (χ1n) is 10.5. The molecule has 10 heteroatoms. The van der Waals surface area contributed by atoms with Gasteiger partial charge in [-0.1, -0.05) is 11.6 Å². The van der Waals surface area contributed by atoms with E-state index in [0.29, 0.717) is 29.3 Å². The average molecular weight is 475 g/mol. The molecule has 2 atom stereocenters. The van der Waals surface area contributed by atoms with Crippen LogP contribution in [-0.4, -0.2) is 40.7 Å². The molecule has 174 valence electrons. The summed E-state index contributed by atoms with van der Waals surface area (Å²) in [7, 11) is 1.44. The zero-order valence-corrected chi connectivity index (χ0v) is 19.4. The van der Waals surface area contributed by atoms with Gasteiger partial charge in [0.25, 0.3) is 17.6 Å². The van der Waals surface area contributed by atoms with Crippen molar-refractivity contribution in [3.05, 3.63) is 51.6 Å². The highest BCUT2D eigenvalue weighted by Gasteiger charge is 2.50. The first kappa shape index (κ1) is 23.0. The maximum Gasteiger partial charge on any atom is 0.293 e. The lowest BCUT2D eigenvalue weighted by Crippen LogP contribution is -2.55. The Hall–Kier alpha value is -3.20. The summed E-state index contributed by atoms with van der Waals surface area (Å²) in [6.45, 7) is 4.62. The lowest BCUT2D eigenvalue weighted by Gasteiger charge is -2.23. The molecule has 3 N–H and O–H groups in total. The van der Waals surface area contributed by atoms with Crippen LogP contribution in [0.15, 0.2) is 18.2 Å². The Kier molecular flexibility index (Phi) is 5.56. The van der Waals surface area contributed by atoms with Crippen LogP contribution in [0.25, 0.3) is 0 Å². The molecule has 0 bridgehead atoms. The number of hydrogen-bond acceptors (Lipinski definition) is 4. The molecule has 1 aromatic heterocycles. The van der Waals surface area contributed by atoms with Crippen LogP contribution >= 0.6 is 11.6 Å². The van der Waals surface area contributed by atoms with Crippen LogP contribution < -0.4 is 16.0 Å². The number of anilines is 1. The minimum absolute atomic E-state index is 0.100. The number of halogens is 2. The Morgan fingerprint density at radius 1 is 1.21 bits per heavy atom. The van der Waals surface area contributed by atoms with Gasteiger partial charge in [0.05, 0.1) is 10.6 Å². The van der Waals surface area contributed by atoms with Crippen molar-refractivity contribution in [2.75, 3.05) is 12.4 Å². The lowest BCUT2D eigenvalue weighted by molar-refractivity contribution is -0.130. The van der Waals surface area contributed by atoms with Crippen LogP contribution in [0.3, 0.4) is 0 Å². The molecule has 2 aromatic rings. The number of amides is 3. The Bertz CT molecular complexity index is 1220. The Morgan fingerprint density at radius 3 is 2.55 bits per heavy atom. The topological polar surface area (TPSA) is 109 Å². The number of hydrogen-bond donors (Lipinski definition) is 3. The van der Waals surface area contributed by atoms with E-state index in [1.807, 2.05) is 4.57 Å². The van der Waals surface area contributed by atoms with Crippen molar-refractivity contribution in [3.63, 3.8) is 0 Å². The third-order valence-electron chi connectivity index (χ3n) is 6.27. The van der Waals surface area contributed by atoms with Crippen molar-refractivity contribution < 1.29 is 23.6 Å².